The van der Waals surface area contributed by atoms with E-state index in [4.69, 9.17) is 0 Å². The third kappa shape index (κ3) is 4.68. The lowest BCUT2D eigenvalue weighted by Crippen LogP contribution is -2.50. The topological polar surface area (TPSA) is 66.9 Å². The number of nitrogens with zero attached hydrogens (tertiary/aromatic N) is 2. The van der Waals surface area contributed by atoms with E-state index in [0.29, 0.717) is 5.56 Å². The van der Waals surface area contributed by atoms with Crippen LogP contribution >= 0.6 is 15.9 Å². The second kappa shape index (κ2) is 8.54. The number of piperazine rings is 1. The van der Waals surface area contributed by atoms with E-state index < -0.39 is 16.6 Å². The standard InChI is InChI=1S/C18H17BrF2N2O4S/c19-14-3-7-16(8-4-14)28(25,26)23-11-9-22(10-12-23)17(24)13-1-5-15(6-2-13)27-18(20)21/h1-8,18H,9-12H2. The van der Waals surface area contributed by atoms with Crippen LogP contribution in [-0.2, 0) is 10.0 Å². The first kappa shape index (κ1) is 20.7. The largest absolute Gasteiger partial charge is 0.435 e. The first-order valence-corrected chi connectivity index (χ1v) is 10.6. The number of halogens is 3. The average Bonchev–Trinajstić information content (AvgIpc) is 2.68. The number of hydrogen-bond donors (Lipinski definition) is 0. The van der Waals surface area contributed by atoms with Gasteiger partial charge < -0.3 is 9.64 Å². The van der Waals surface area contributed by atoms with Gasteiger partial charge in [-0.1, -0.05) is 15.9 Å². The Hall–Kier alpha value is -2.04. The number of rotatable bonds is 5. The van der Waals surface area contributed by atoms with Crippen LogP contribution in [0.3, 0.4) is 0 Å². The summed E-state index contributed by atoms with van der Waals surface area (Å²) < 4.78 is 56.2. The zero-order valence-electron chi connectivity index (χ0n) is 14.6. The van der Waals surface area contributed by atoms with Crippen molar-refractivity contribution in [2.45, 2.75) is 11.5 Å². The number of amides is 1. The zero-order valence-corrected chi connectivity index (χ0v) is 17.0. The number of carbonyl (C=O) groups is 1. The van der Waals surface area contributed by atoms with Crippen molar-refractivity contribution in [1.29, 1.82) is 0 Å². The van der Waals surface area contributed by atoms with Crippen LogP contribution < -0.4 is 4.74 Å². The summed E-state index contributed by atoms with van der Waals surface area (Å²) in [6.45, 7) is -2.09. The van der Waals surface area contributed by atoms with E-state index in [2.05, 4.69) is 20.7 Å². The number of carbonyl (C=O) groups excluding carboxylic acids is 1. The highest BCUT2D eigenvalue weighted by molar-refractivity contribution is 9.10. The molecule has 3 rings (SSSR count). The third-order valence-electron chi connectivity index (χ3n) is 4.30. The summed E-state index contributed by atoms with van der Waals surface area (Å²) in [6, 6.07) is 11.8. The molecule has 0 unspecified atom stereocenters. The SMILES string of the molecule is O=C(c1ccc(OC(F)F)cc1)N1CCN(S(=O)(=O)c2ccc(Br)cc2)CC1. The van der Waals surface area contributed by atoms with Crippen LogP contribution in [0.5, 0.6) is 5.75 Å². The van der Waals surface area contributed by atoms with E-state index in [-0.39, 0.29) is 42.7 Å². The monoisotopic (exact) mass is 474 g/mol. The molecule has 0 N–H and O–H groups in total. The highest BCUT2D eigenvalue weighted by Crippen LogP contribution is 2.21. The van der Waals surface area contributed by atoms with Crippen molar-refractivity contribution in [2.24, 2.45) is 0 Å². The Balaban J connectivity index is 1.63. The highest BCUT2D eigenvalue weighted by atomic mass is 79.9. The van der Waals surface area contributed by atoms with Gasteiger partial charge in [-0.3, -0.25) is 4.79 Å². The van der Waals surface area contributed by atoms with Crippen LogP contribution in [0.1, 0.15) is 10.4 Å². The van der Waals surface area contributed by atoms with Crippen molar-refractivity contribution in [3.63, 3.8) is 0 Å². The van der Waals surface area contributed by atoms with Gasteiger partial charge in [-0.05, 0) is 48.5 Å². The van der Waals surface area contributed by atoms with Gasteiger partial charge in [0.25, 0.3) is 5.91 Å². The van der Waals surface area contributed by atoms with Crippen molar-refractivity contribution in [1.82, 2.24) is 9.21 Å². The summed E-state index contributed by atoms with van der Waals surface area (Å²) in [7, 11) is -3.62. The van der Waals surface area contributed by atoms with E-state index in [1.165, 1.54) is 45.6 Å². The molecule has 0 aliphatic carbocycles. The van der Waals surface area contributed by atoms with Gasteiger partial charge in [0.2, 0.25) is 10.0 Å². The molecule has 0 radical (unpaired) electrons. The van der Waals surface area contributed by atoms with E-state index in [0.717, 1.165) is 4.47 Å². The molecule has 0 saturated carbocycles. The smallest absolute Gasteiger partial charge is 0.387 e. The molecule has 1 aliphatic heterocycles. The number of hydrogen-bond acceptors (Lipinski definition) is 4. The normalized spacial score (nSPS) is 15.6. The number of benzene rings is 2. The number of sulfonamides is 1. The Morgan fingerprint density at radius 1 is 0.964 bits per heavy atom. The van der Waals surface area contributed by atoms with Gasteiger partial charge in [0.1, 0.15) is 5.75 Å². The summed E-state index contributed by atoms with van der Waals surface area (Å²) in [5.41, 5.74) is 0.325. The minimum atomic E-state index is -3.62. The van der Waals surface area contributed by atoms with Crippen LogP contribution in [0.4, 0.5) is 8.78 Å². The van der Waals surface area contributed by atoms with Gasteiger partial charge in [0.15, 0.2) is 0 Å². The van der Waals surface area contributed by atoms with Crippen molar-refractivity contribution in [2.75, 3.05) is 26.2 Å². The molecule has 1 amide bonds. The molecule has 1 aliphatic rings. The van der Waals surface area contributed by atoms with Crippen LogP contribution in [0.2, 0.25) is 0 Å². The molecule has 2 aromatic carbocycles. The summed E-state index contributed by atoms with van der Waals surface area (Å²) in [5, 5.41) is 0. The maximum Gasteiger partial charge on any atom is 0.387 e. The molecule has 0 atom stereocenters. The summed E-state index contributed by atoms with van der Waals surface area (Å²) in [6.07, 6.45) is 0. The van der Waals surface area contributed by atoms with Gasteiger partial charge in [-0.25, -0.2) is 8.42 Å². The van der Waals surface area contributed by atoms with Crippen molar-refractivity contribution in [3.8, 4) is 5.75 Å². The molecule has 6 nitrogen and oxygen atoms in total. The van der Waals surface area contributed by atoms with E-state index in [1.807, 2.05) is 0 Å². The molecule has 0 spiro atoms. The second-order valence-corrected chi connectivity index (χ2v) is 8.91. The quantitative estimate of drug-likeness (QED) is 0.667. The molecule has 0 bridgehead atoms. The molecule has 1 saturated heterocycles. The zero-order chi connectivity index (χ0) is 20.3. The van der Waals surface area contributed by atoms with Crippen LogP contribution in [0, 0.1) is 0 Å². The Labute approximate surface area is 169 Å². The lowest BCUT2D eigenvalue weighted by Gasteiger charge is -2.34. The Kier molecular flexibility index (Phi) is 6.31. The minimum absolute atomic E-state index is 0.0306. The molecule has 28 heavy (non-hydrogen) atoms. The fourth-order valence-corrected chi connectivity index (χ4v) is 4.54. The molecule has 10 heteroatoms. The van der Waals surface area contributed by atoms with Crippen LogP contribution in [0.25, 0.3) is 0 Å². The molecular formula is C18H17BrF2N2O4S. The molecule has 1 fully saturated rings. The number of ether oxygens (including phenoxy) is 1. The predicted octanol–water partition coefficient (Wildman–Crippen LogP) is 3.20. The fourth-order valence-electron chi connectivity index (χ4n) is 2.85. The Bertz CT molecular complexity index is 929. The van der Waals surface area contributed by atoms with Gasteiger partial charge in [0.05, 0.1) is 4.90 Å². The molecule has 150 valence electrons. The number of alkyl halides is 2. The third-order valence-corrected chi connectivity index (χ3v) is 6.75. The van der Waals surface area contributed by atoms with Crippen molar-refractivity contribution >= 4 is 31.9 Å². The minimum Gasteiger partial charge on any atom is -0.435 e. The first-order valence-electron chi connectivity index (χ1n) is 8.37. The van der Waals surface area contributed by atoms with Crippen molar-refractivity contribution < 1.29 is 26.7 Å². The Morgan fingerprint density at radius 3 is 2.07 bits per heavy atom. The van der Waals surface area contributed by atoms with Crippen molar-refractivity contribution in [3.05, 3.63) is 58.6 Å². The van der Waals surface area contributed by atoms with Gasteiger partial charge in [-0.2, -0.15) is 13.1 Å². The van der Waals surface area contributed by atoms with Crippen LogP contribution in [-0.4, -0.2) is 56.3 Å². The van der Waals surface area contributed by atoms with Crippen LogP contribution in [0.15, 0.2) is 57.9 Å². The summed E-state index contributed by atoms with van der Waals surface area (Å²) in [4.78, 5) is 14.3. The predicted molar refractivity (Wildman–Crippen MR) is 102 cm³/mol. The lowest BCUT2D eigenvalue weighted by molar-refractivity contribution is -0.0498. The van der Waals surface area contributed by atoms with E-state index >= 15 is 0 Å². The summed E-state index contributed by atoms with van der Waals surface area (Å²) in [5.74, 6) is -0.318. The lowest BCUT2D eigenvalue weighted by atomic mass is 10.2. The van der Waals surface area contributed by atoms with E-state index in [1.54, 1.807) is 12.1 Å². The highest BCUT2D eigenvalue weighted by Gasteiger charge is 2.30. The molecular weight excluding hydrogens is 458 g/mol. The molecule has 2 aromatic rings. The Morgan fingerprint density at radius 2 is 1.54 bits per heavy atom. The summed E-state index contributed by atoms with van der Waals surface area (Å²) >= 11 is 3.27. The molecule has 0 aromatic heterocycles. The maximum absolute atomic E-state index is 12.7. The molecule has 1 heterocycles. The van der Waals surface area contributed by atoms with E-state index in [9.17, 15) is 22.0 Å². The maximum atomic E-state index is 12.7. The first-order chi connectivity index (χ1) is 13.3. The second-order valence-electron chi connectivity index (χ2n) is 6.05. The van der Waals surface area contributed by atoms with Gasteiger partial charge >= 0.3 is 6.61 Å². The average molecular weight is 475 g/mol. The van der Waals surface area contributed by atoms with Gasteiger partial charge in [0, 0.05) is 36.2 Å². The van der Waals surface area contributed by atoms with Gasteiger partial charge in [-0.15, -0.1) is 0 Å². The fraction of sp³-hybridized carbons (Fsp3) is 0.278.